The Morgan fingerprint density at radius 1 is 0.955 bits per heavy atom. The van der Waals surface area contributed by atoms with Gasteiger partial charge in [-0.3, -0.25) is 19.2 Å². The van der Waals surface area contributed by atoms with Gasteiger partial charge in [0.05, 0.1) is 6.42 Å². The van der Waals surface area contributed by atoms with E-state index in [9.17, 15) is 19.2 Å². The van der Waals surface area contributed by atoms with Crippen molar-refractivity contribution in [1.29, 1.82) is 0 Å². The van der Waals surface area contributed by atoms with Gasteiger partial charge in [-0.1, -0.05) is 96.7 Å². The summed E-state index contributed by atoms with van der Waals surface area (Å²) in [5.74, 6) is 0.933. The molecule has 4 heteroatoms. The van der Waals surface area contributed by atoms with E-state index in [0.29, 0.717) is 25.7 Å². The maximum Gasteiger partial charge on any atom is 0.163 e. The summed E-state index contributed by atoms with van der Waals surface area (Å²) in [6.45, 7) is 18.4. The third kappa shape index (κ3) is 10.6. The molecule has 44 heavy (non-hydrogen) atoms. The number of hydrogen-bond donors (Lipinski definition) is 0. The molecule has 4 nitrogen and oxygen atoms in total. The molecule has 0 aliphatic heterocycles. The van der Waals surface area contributed by atoms with Gasteiger partial charge in [0.25, 0.3) is 0 Å². The lowest BCUT2D eigenvalue weighted by Crippen LogP contribution is -2.30. The van der Waals surface area contributed by atoms with E-state index in [2.05, 4.69) is 40.7 Å². The molecule has 0 radical (unpaired) electrons. The highest BCUT2D eigenvalue weighted by Gasteiger charge is 2.34. The zero-order chi connectivity index (χ0) is 33.0. The van der Waals surface area contributed by atoms with Gasteiger partial charge >= 0.3 is 0 Å². The van der Waals surface area contributed by atoms with Crippen LogP contribution < -0.4 is 0 Å². The second-order valence-corrected chi connectivity index (χ2v) is 13.5. The highest BCUT2D eigenvalue weighted by Crippen LogP contribution is 2.40. The molecule has 3 unspecified atom stereocenters. The van der Waals surface area contributed by atoms with Crippen LogP contribution in [0.4, 0.5) is 0 Å². The average molecular weight is 603 g/mol. The zero-order valence-electron chi connectivity index (χ0n) is 29.1. The van der Waals surface area contributed by atoms with Gasteiger partial charge in [-0.15, -0.1) is 0 Å². The molecular weight excluding hydrogens is 544 g/mol. The monoisotopic (exact) mass is 602 g/mol. The minimum absolute atomic E-state index is 0.0120. The summed E-state index contributed by atoms with van der Waals surface area (Å²) in [6, 6.07) is 10.4. The summed E-state index contributed by atoms with van der Waals surface area (Å²) in [6.07, 6.45) is 7.65. The number of benzene rings is 2. The number of carbonyl (C=O) groups excluding carboxylic acids is 4. The number of Topliss-reactive ketones (excluding diaryl/α,β-unsaturated/α-hetero) is 4. The van der Waals surface area contributed by atoms with Crippen molar-refractivity contribution in [3.8, 4) is 0 Å². The summed E-state index contributed by atoms with van der Waals surface area (Å²) in [7, 11) is 0. The topological polar surface area (TPSA) is 68.3 Å². The van der Waals surface area contributed by atoms with E-state index >= 15 is 0 Å². The van der Waals surface area contributed by atoms with Crippen molar-refractivity contribution >= 4 is 23.1 Å². The highest BCUT2D eigenvalue weighted by molar-refractivity contribution is 6.01. The minimum Gasteiger partial charge on any atom is -0.300 e. The first-order chi connectivity index (χ1) is 20.9. The molecule has 0 bridgehead atoms. The van der Waals surface area contributed by atoms with Gasteiger partial charge in [-0.2, -0.15) is 0 Å². The Bertz CT molecular complexity index is 1270. The standard InChI is InChI=1S/C37H50O4.C3H8/c1-8-10-30(32(9-2)35(40)17-25(6)38)18-28-20-34-33(23(3)4)22-29(26(7)37(34)36(41)21-28)15-16-31(39)19-27-13-11-24(5)12-14-27;1-3-2/h11-14,22-23,28,30,32H,8-10,15-21H2,1-7H3;3H2,1-2H3. The Kier molecular flexibility index (Phi) is 15.4. The lowest BCUT2D eigenvalue weighted by Gasteiger charge is -2.33. The molecule has 0 spiro atoms. The molecule has 0 saturated heterocycles. The quantitative estimate of drug-likeness (QED) is 0.190. The Morgan fingerprint density at radius 3 is 2.14 bits per heavy atom. The van der Waals surface area contributed by atoms with Gasteiger partial charge in [0.1, 0.15) is 17.3 Å². The third-order valence-electron chi connectivity index (χ3n) is 9.04. The van der Waals surface area contributed by atoms with E-state index in [1.807, 2.05) is 45.0 Å². The highest BCUT2D eigenvalue weighted by atomic mass is 16.1. The third-order valence-corrected chi connectivity index (χ3v) is 9.04. The molecule has 242 valence electrons. The molecule has 0 heterocycles. The fourth-order valence-corrected chi connectivity index (χ4v) is 6.96. The molecule has 3 atom stereocenters. The van der Waals surface area contributed by atoms with Crippen LogP contribution in [0.5, 0.6) is 0 Å². The van der Waals surface area contributed by atoms with Crippen LogP contribution in [-0.4, -0.2) is 23.1 Å². The number of ketones is 4. The molecule has 0 amide bonds. The first-order valence-corrected chi connectivity index (χ1v) is 17.1. The molecule has 1 aliphatic rings. The predicted molar refractivity (Wildman–Crippen MR) is 183 cm³/mol. The molecule has 0 aromatic heterocycles. The smallest absolute Gasteiger partial charge is 0.163 e. The van der Waals surface area contributed by atoms with Crippen molar-refractivity contribution in [3.63, 3.8) is 0 Å². The van der Waals surface area contributed by atoms with Gasteiger partial charge in [-0.25, -0.2) is 0 Å². The summed E-state index contributed by atoms with van der Waals surface area (Å²) in [5, 5.41) is 0. The fourth-order valence-electron chi connectivity index (χ4n) is 6.96. The Hall–Kier alpha value is -2.88. The van der Waals surface area contributed by atoms with Gasteiger partial charge in [0, 0.05) is 30.7 Å². The maximum absolute atomic E-state index is 13.7. The summed E-state index contributed by atoms with van der Waals surface area (Å²) >= 11 is 0. The van der Waals surface area contributed by atoms with Crippen LogP contribution in [0.3, 0.4) is 0 Å². The van der Waals surface area contributed by atoms with Gasteiger partial charge in [0.15, 0.2) is 5.78 Å². The Labute approximate surface area is 267 Å². The Balaban J connectivity index is 0.00000216. The molecule has 2 aromatic carbocycles. The summed E-state index contributed by atoms with van der Waals surface area (Å²) in [5.41, 5.74) is 7.64. The van der Waals surface area contributed by atoms with Crippen molar-refractivity contribution in [3.05, 3.63) is 69.3 Å². The molecular formula is C40H58O4. The van der Waals surface area contributed by atoms with E-state index in [4.69, 9.17) is 0 Å². The Morgan fingerprint density at radius 2 is 1.59 bits per heavy atom. The zero-order valence-corrected chi connectivity index (χ0v) is 29.1. The maximum atomic E-state index is 13.7. The lowest BCUT2D eigenvalue weighted by molar-refractivity contribution is -0.130. The van der Waals surface area contributed by atoms with Crippen molar-refractivity contribution in [2.24, 2.45) is 17.8 Å². The van der Waals surface area contributed by atoms with Crippen LogP contribution in [0, 0.1) is 31.6 Å². The van der Waals surface area contributed by atoms with Crippen molar-refractivity contribution in [2.75, 3.05) is 0 Å². The first-order valence-electron chi connectivity index (χ1n) is 17.1. The van der Waals surface area contributed by atoms with Crippen LogP contribution >= 0.6 is 0 Å². The molecule has 3 rings (SSSR count). The van der Waals surface area contributed by atoms with E-state index in [0.717, 1.165) is 54.4 Å². The largest absolute Gasteiger partial charge is 0.300 e. The SMILES string of the molecule is CCC.CCCC(CC1CC(=O)c2c(C)c(CCC(=O)Cc3ccc(C)cc3)cc(C(C)C)c2C1)C(CC)C(=O)CC(C)=O. The van der Waals surface area contributed by atoms with Crippen LogP contribution in [0.15, 0.2) is 30.3 Å². The van der Waals surface area contributed by atoms with Gasteiger partial charge < -0.3 is 0 Å². The van der Waals surface area contributed by atoms with E-state index in [1.54, 1.807) is 0 Å². The summed E-state index contributed by atoms with van der Waals surface area (Å²) < 4.78 is 0. The van der Waals surface area contributed by atoms with Crippen LogP contribution in [-0.2, 0) is 33.6 Å². The fraction of sp³-hybridized carbons (Fsp3) is 0.600. The number of rotatable bonds is 15. The second-order valence-electron chi connectivity index (χ2n) is 13.5. The van der Waals surface area contributed by atoms with E-state index in [1.165, 1.54) is 30.0 Å². The molecule has 1 aliphatic carbocycles. The lowest BCUT2D eigenvalue weighted by atomic mass is 9.70. The molecule has 2 aromatic rings. The number of fused-ring (bicyclic) bond motifs is 1. The van der Waals surface area contributed by atoms with Gasteiger partial charge in [-0.05, 0) is 92.0 Å². The van der Waals surface area contributed by atoms with Crippen molar-refractivity contribution in [1.82, 2.24) is 0 Å². The van der Waals surface area contributed by atoms with Crippen LogP contribution in [0.1, 0.15) is 149 Å². The molecule has 0 N–H and O–H groups in total. The summed E-state index contributed by atoms with van der Waals surface area (Å²) in [4.78, 5) is 51.2. The number of hydrogen-bond acceptors (Lipinski definition) is 4. The van der Waals surface area contributed by atoms with Crippen molar-refractivity contribution in [2.45, 2.75) is 139 Å². The number of aryl methyl sites for hydroxylation is 2. The second kappa shape index (κ2) is 18.2. The average Bonchev–Trinajstić information content (AvgIpc) is 2.94. The minimum atomic E-state index is -0.124. The van der Waals surface area contributed by atoms with E-state index in [-0.39, 0.29) is 53.2 Å². The predicted octanol–water partition coefficient (Wildman–Crippen LogP) is 9.71. The van der Waals surface area contributed by atoms with Crippen LogP contribution in [0.25, 0.3) is 0 Å². The van der Waals surface area contributed by atoms with Crippen molar-refractivity contribution < 1.29 is 19.2 Å². The van der Waals surface area contributed by atoms with E-state index < -0.39 is 0 Å². The first kappa shape index (κ1) is 37.3. The normalized spacial score (nSPS) is 15.7. The van der Waals surface area contributed by atoms with Gasteiger partial charge in [0.2, 0.25) is 0 Å². The molecule has 0 fully saturated rings. The molecule has 0 saturated carbocycles. The van der Waals surface area contributed by atoms with Crippen LogP contribution in [0.2, 0.25) is 0 Å². The number of carbonyl (C=O) groups is 4.